The van der Waals surface area contributed by atoms with Crippen LogP contribution in [0.15, 0.2) is 0 Å². The van der Waals surface area contributed by atoms with Crippen molar-refractivity contribution in [3.05, 3.63) is 0 Å². The Morgan fingerprint density at radius 3 is 2.65 bits per heavy atom. The summed E-state index contributed by atoms with van der Waals surface area (Å²) in [7, 11) is 0. The molecule has 3 rings (SSSR count). The molecule has 3 nitrogen and oxygen atoms in total. The van der Waals surface area contributed by atoms with E-state index in [1.807, 2.05) is 0 Å². The quantitative estimate of drug-likeness (QED) is 0.789. The highest BCUT2D eigenvalue weighted by Gasteiger charge is 2.36. The van der Waals surface area contributed by atoms with E-state index in [2.05, 4.69) is 9.80 Å². The van der Waals surface area contributed by atoms with Crippen LogP contribution in [0.5, 0.6) is 0 Å². The standard InChI is InChI=1S/C14H26N2O/c17-14(6-2-1-3-7-14)12-15-9-10-16-8-4-5-13(16)11-15/h13,17H,1-12H2. The molecule has 2 saturated heterocycles. The summed E-state index contributed by atoms with van der Waals surface area (Å²) in [5, 5.41) is 10.6. The number of hydrogen-bond acceptors (Lipinski definition) is 3. The fourth-order valence-corrected chi connectivity index (χ4v) is 3.98. The average molecular weight is 238 g/mol. The Morgan fingerprint density at radius 1 is 1.00 bits per heavy atom. The number of β-amino-alcohol motifs (C(OH)–C–C–N with tert-alkyl or cyclic N) is 1. The third-order valence-corrected chi connectivity index (χ3v) is 4.97. The van der Waals surface area contributed by atoms with E-state index in [-0.39, 0.29) is 5.60 Å². The van der Waals surface area contributed by atoms with E-state index in [1.165, 1.54) is 58.3 Å². The van der Waals surface area contributed by atoms with Gasteiger partial charge in [-0.15, -0.1) is 0 Å². The van der Waals surface area contributed by atoms with E-state index < -0.39 is 0 Å². The Hall–Kier alpha value is -0.120. The van der Waals surface area contributed by atoms with E-state index in [9.17, 15) is 5.11 Å². The molecule has 0 spiro atoms. The molecule has 1 aliphatic carbocycles. The fourth-order valence-electron chi connectivity index (χ4n) is 3.98. The second kappa shape index (κ2) is 4.87. The zero-order chi connectivity index (χ0) is 11.7. The van der Waals surface area contributed by atoms with Gasteiger partial charge in [-0.1, -0.05) is 19.3 Å². The van der Waals surface area contributed by atoms with Crippen molar-refractivity contribution >= 4 is 0 Å². The van der Waals surface area contributed by atoms with Crippen molar-refractivity contribution in [2.24, 2.45) is 0 Å². The number of aliphatic hydroxyl groups is 1. The van der Waals surface area contributed by atoms with Crippen LogP contribution in [0.1, 0.15) is 44.9 Å². The largest absolute Gasteiger partial charge is 0.389 e. The molecule has 1 unspecified atom stereocenters. The minimum Gasteiger partial charge on any atom is -0.389 e. The van der Waals surface area contributed by atoms with Crippen molar-refractivity contribution < 1.29 is 5.11 Å². The number of nitrogens with zero attached hydrogens (tertiary/aromatic N) is 2. The van der Waals surface area contributed by atoms with Gasteiger partial charge < -0.3 is 5.11 Å². The Morgan fingerprint density at radius 2 is 1.82 bits per heavy atom. The van der Waals surface area contributed by atoms with Gasteiger partial charge >= 0.3 is 0 Å². The minimum atomic E-state index is -0.362. The van der Waals surface area contributed by atoms with E-state index in [1.54, 1.807) is 0 Å². The van der Waals surface area contributed by atoms with Gasteiger partial charge in [-0.05, 0) is 32.2 Å². The molecule has 98 valence electrons. The second-order valence-electron chi connectivity index (χ2n) is 6.35. The van der Waals surface area contributed by atoms with Crippen molar-refractivity contribution in [3.63, 3.8) is 0 Å². The summed E-state index contributed by atoms with van der Waals surface area (Å²) in [6.45, 7) is 5.82. The van der Waals surface area contributed by atoms with Crippen molar-refractivity contribution in [2.45, 2.75) is 56.6 Å². The monoisotopic (exact) mass is 238 g/mol. The van der Waals surface area contributed by atoms with Gasteiger partial charge in [-0.2, -0.15) is 0 Å². The van der Waals surface area contributed by atoms with Crippen molar-refractivity contribution in [2.75, 3.05) is 32.7 Å². The lowest BCUT2D eigenvalue weighted by Gasteiger charge is -2.42. The summed E-state index contributed by atoms with van der Waals surface area (Å²) in [5.74, 6) is 0. The third kappa shape index (κ3) is 2.67. The van der Waals surface area contributed by atoms with Crippen LogP contribution in [0, 0.1) is 0 Å². The summed E-state index contributed by atoms with van der Waals surface area (Å²) < 4.78 is 0. The number of piperazine rings is 1. The SMILES string of the molecule is OC1(CN2CCN3CCCC3C2)CCCCC1. The van der Waals surface area contributed by atoms with Crippen LogP contribution in [0.3, 0.4) is 0 Å². The van der Waals surface area contributed by atoms with Crippen LogP contribution in [-0.2, 0) is 0 Å². The van der Waals surface area contributed by atoms with E-state index in [4.69, 9.17) is 0 Å². The number of rotatable bonds is 2. The molecule has 1 atom stereocenters. The van der Waals surface area contributed by atoms with Gasteiger partial charge in [-0.25, -0.2) is 0 Å². The Kier molecular flexibility index (Phi) is 3.42. The number of hydrogen-bond donors (Lipinski definition) is 1. The highest BCUT2D eigenvalue weighted by molar-refractivity contribution is 4.91. The molecule has 3 fully saturated rings. The van der Waals surface area contributed by atoms with E-state index >= 15 is 0 Å². The molecule has 0 aromatic heterocycles. The maximum Gasteiger partial charge on any atom is 0.0774 e. The lowest BCUT2D eigenvalue weighted by Crippen LogP contribution is -2.54. The van der Waals surface area contributed by atoms with Crippen LogP contribution in [-0.4, -0.2) is 59.3 Å². The first-order valence-electron chi connectivity index (χ1n) is 7.44. The maximum absolute atomic E-state index is 10.6. The van der Waals surface area contributed by atoms with Gasteiger partial charge in [0.1, 0.15) is 0 Å². The Bertz CT molecular complexity index is 263. The lowest BCUT2D eigenvalue weighted by molar-refractivity contribution is -0.0399. The molecule has 3 heteroatoms. The van der Waals surface area contributed by atoms with Crippen LogP contribution >= 0.6 is 0 Å². The summed E-state index contributed by atoms with van der Waals surface area (Å²) in [6, 6.07) is 0.788. The summed E-state index contributed by atoms with van der Waals surface area (Å²) >= 11 is 0. The predicted molar refractivity (Wildman–Crippen MR) is 69.1 cm³/mol. The molecule has 17 heavy (non-hydrogen) atoms. The van der Waals surface area contributed by atoms with Gasteiger partial charge in [0.25, 0.3) is 0 Å². The molecular formula is C14H26N2O. The van der Waals surface area contributed by atoms with Crippen molar-refractivity contribution in [1.29, 1.82) is 0 Å². The first-order chi connectivity index (χ1) is 8.25. The molecule has 0 amide bonds. The second-order valence-corrected chi connectivity index (χ2v) is 6.35. The summed E-state index contributed by atoms with van der Waals surface area (Å²) in [6.07, 6.45) is 8.56. The predicted octanol–water partition coefficient (Wildman–Crippen LogP) is 1.46. The topological polar surface area (TPSA) is 26.7 Å². The highest BCUT2D eigenvalue weighted by atomic mass is 16.3. The molecular weight excluding hydrogens is 212 g/mol. The third-order valence-electron chi connectivity index (χ3n) is 4.97. The Balaban J connectivity index is 1.54. The molecule has 0 aromatic carbocycles. The zero-order valence-corrected chi connectivity index (χ0v) is 10.9. The lowest BCUT2D eigenvalue weighted by atomic mass is 9.84. The molecule has 0 bridgehead atoms. The normalized spacial score (nSPS) is 34.8. The molecule has 3 aliphatic rings. The van der Waals surface area contributed by atoms with Crippen LogP contribution in [0.4, 0.5) is 0 Å². The van der Waals surface area contributed by atoms with Crippen LogP contribution < -0.4 is 0 Å². The molecule has 0 aromatic rings. The van der Waals surface area contributed by atoms with Crippen molar-refractivity contribution in [1.82, 2.24) is 9.80 Å². The zero-order valence-electron chi connectivity index (χ0n) is 10.9. The van der Waals surface area contributed by atoms with Crippen molar-refractivity contribution in [3.8, 4) is 0 Å². The molecule has 0 radical (unpaired) electrons. The summed E-state index contributed by atoms with van der Waals surface area (Å²) in [4.78, 5) is 5.17. The summed E-state index contributed by atoms with van der Waals surface area (Å²) in [5.41, 5.74) is -0.362. The maximum atomic E-state index is 10.6. The fraction of sp³-hybridized carbons (Fsp3) is 1.00. The Labute approximate surface area is 105 Å². The first-order valence-corrected chi connectivity index (χ1v) is 7.44. The van der Waals surface area contributed by atoms with Gasteiger partial charge in [0, 0.05) is 32.2 Å². The van der Waals surface area contributed by atoms with Gasteiger partial charge in [0.15, 0.2) is 0 Å². The molecule has 2 heterocycles. The van der Waals surface area contributed by atoms with Gasteiger partial charge in [0.05, 0.1) is 5.60 Å². The first kappa shape index (κ1) is 11.9. The highest BCUT2D eigenvalue weighted by Crippen LogP contribution is 2.30. The van der Waals surface area contributed by atoms with Crippen LogP contribution in [0.25, 0.3) is 0 Å². The smallest absolute Gasteiger partial charge is 0.0774 e. The molecule has 1 N–H and O–H groups in total. The van der Waals surface area contributed by atoms with Gasteiger partial charge in [-0.3, -0.25) is 9.80 Å². The number of fused-ring (bicyclic) bond motifs is 1. The van der Waals surface area contributed by atoms with E-state index in [0.29, 0.717) is 0 Å². The van der Waals surface area contributed by atoms with Gasteiger partial charge in [0.2, 0.25) is 0 Å². The van der Waals surface area contributed by atoms with E-state index in [0.717, 1.165) is 25.4 Å². The molecule has 2 aliphatic heterocycles. The molecule has 1 saturated carbocycles. The average Bonchev–Trinajstić information content (AvgIpc) is 2.76. The van der Waals surface area contributed by atoms with Crippen LogP contribution in [0.2, 0.25) is 0 Å². The minimum absolute atomic E-state index is 0.362.